The molecular weight excluding hydrogens is 636 g/mol. The van der Waals surface area contributed by atoms with Gasteiger partial charge < -0.3 is 28.4 Å². The van der Waals surface area contributed by atoms with E-state index >= 15 is 4.79 Å². The summed E-state index contributed by atoms with van der Waals surface area (Å²) in [5.41, 5.74) is -2.15. The Kier molecular flexibility index (Phi) is 12.1. The Balaban J connectivity index is 1.42. The van der Waals surface area contributed by atoms with E-state index in [-0.39, 0.29) is 5.78 Å². The van der Waals surface area contributed by atoms with E-state index in [0.29, 0.717) is 59.5 Å². The van der Waals surface area contributed by atoms with Crippen molar-refractivity contribution in [2.45, 2.75) is 100 Å². The van der Waals surface area contributed by atoms with Crippen molar-refractivity contribution in [2.24, 2.45) is 0 Å². The molecule has 0 aromatic carbocycles. The summed E-state index contributed by atoms with van der Waals surface area (Å²) < 4.78 is 35.8. The largest absolute Gasteiger partial charge is 0.497 e. The van der Waals surface area contributed by atoms with Gasteiger partial charge >= 0.3 is 0 Å². The zero-order valence-corrected chi connectivity index (χ0v) is 31.6. The zero-order valence-electron chi connectivity index (χ0n) is 31.6. The van der Waals surface area contributed by atoms with Crippen molar-refractivity contribution < 1.29 is 33.2 Å². The molecule has 0 N–H and O–H groups in total. The number of piperazine rings is 2. The second-order valence-corrected chi connectivity index (χ2v) is 14.9. The molecule has 11 heteroatoms. The van der Waals surface area contributed by atoms with Gasteiger partial charge in [-0.1, -0.05) is 38.5 Å². The predicted octanol–water partition coefficient (Wildman–Crippen LogP) is 4.81. The Morgan fingerprint density at radius 3 is 1.18 bits per heavy atom. The molecule has 2 aliphatic heterocycles. The lowest BCUT2D eigenvalue weighted by molar-refractivity contribution is -0.143. The van der Waals surface area contributed by atoms with Crippen LogP contribution in [-0.2, 0) is 33.2 Å². The number of Topliss-reactive ketones (excluding diaryl/α,β-unsaturated/α-hetero) is 1. The first-order valence-corrected chi connectivity index (χ1v) is 19.1. The van der Waals surface area contributed by atoms with E-state index in [2.05, 4.69) is 19.6 Å². The van der Waals surface area contributed by atoms with Gasteiger partial charge in [-0.15, -0.1) is 0 Å². The minimum absolute atomic E-state index is 0.0701. The minimum Gasteiger partial charge on any atom is -0.497 e. The first kappa shape index (κ1) is 37.0. The second kappa shape index (κ2) is 16.3. The molecule has 0 amide bonds. The third-order valence-corrected chi connectivity index (χ3v) is 12.6. The van der Waals surface area contributed by atoms with Crippen molar-refractivity contribution in [3.05, 3.63) is 46.7 Å². The molecule has 2 heterocycles. The molecule has 0 bridgehead atoms. The first-order chi connectivity index (χ1) is 24.4. The summed E-state index contributed by atoms with van der Waals surface area (Å²) in [6.45, 7) is 6.72. The highest BCUT2D eigenvalue weighted by Gasteiger charge is 2.59. The molecule has 0 radical (unpaired) electrons. The van der Waals surface area contributed by atoms with Crippen molar-refractivity contribution in [2.75, 3.05) is 95.0 Å². The third kappa shape index (κ3) is 6.92. The monoisotopic (exact) mass is 698 g/mol. The van der Waals surface area contributed by atoms with E-state index in [0.717, 1.165) is 52.4 Å². The molecule has 2 unspecified atom stereocenters. The molecule has 0 aromatic rings. The quantitative estimate of drug-likeness (QED) is 0.282. The zero-order chi connectivity index (χ0) is 35.3. The highest BCUT2D eigenvalue weighted by molar-refractivity contribution is 6.01. The lowest BCUT2D eigenvalue weighted by Crippen LogP contribution is -2.71. The van der Waals surface area contributed by atoms with Crippen LogP contribution in [0.25, 0.3) is 0 Å². The summed E-state index contributed by atoms with van der Waals surface area (Å²) >= 11 is 0. The van der Waals surface area contributed by atoms with Crippen LogP contribution in [0.1, 0.15) is 77.0 Å². The summed E-state index contributed by atoms with van der Waals surface area (Å²) in [6, 6.07) is 1.26. The normalized spacial score (nSPS) is 30.4. The highest BCUT2D eigenvalue weighted by Crippen LogP contribution is 2.46. The van der Waals surface area contributed by atoms with E-state index in [1.165, 1.54) is 64.2 Å². The van der Waals surface area contributed by atoms with Gasteiger partial charge in [0, 0.05) is 77.3 Å². The van der Waals surface area contributed by atoms with E-state index in [9.17, 15) is 0 Å². The number of hydrogen-bond acceptors (Lipinski definition) is 11. The summed E-state index contributed by atoms with van der Waals surface area (Å²) in [5.74, 6) is 3.39. The molecule has 2 saturated heterocycles. The number of hydrogen-bond donors (Lipinski definition) is 0. The molecule has 0 aromatic heterocycles. The fourth-order valence-electron chi connectivity index (χ4n) is 9.88. The molecule has 2 atom stereocenters. The van der Waals surface area contributed by atoms with Crippen LogP contribution in [0.2, 0.25) is 0 Å². The fourth-order valence-corrected chi connectivity index (χ4v) is 9.88. The number of nitrogens with zero attached hydrogens (tertiary/aromatic N) is 4. The number of ether oxygens (including phenoxy) is 6. The lowest BCUT2D eigenvalue weighted by Gasteiger charge is -2.54. The SMILES string of the molecule is COC1=CC(C(=O)C2(N3CCN(C4CCCCC4)CC3)C=C(OC)C(OC)=C(OC)C2)(N2CCN(C3CCCCC3)CC2)CC(OC)=C1OC. The van der Waals surface area contributed by atoms with Crippen LogP contribution in [0.4, 0.5) is 0 Å². The highest BCUT2D eigenvalue weighted by atomic mass is 16.5. The molecule has 280 valence electrons. The molecule has 2 saturated carbocycles. The average Bonchev–Trinajstić information content (AvgIpc) is 3.20. The van der Waals surface area contributed by atoms with E-state index in [1.54, 1.807) is 42.7 Å². The number of carbonyl (C=O) groups is 1. The van der Waals surface area contributed by atoms with Crippen LogP contribution in [0, 0.1) is 0 Å². The number of rotatable bonds is 12. The van der Waals surface area contributed by atoms with Crippen molar-refractivity contribution >= 4 is 5.78 Å². The van der Waals surface area contributed by atoms with Crippen LogP contribution < -0.4 is 0 Å². The van der Waals surface area contributed by atoms with Gasteiger partial charge in [0.1, 0.15) is 22.6 Å². The summed E-state index contributed by atoms with van der Waals surface area (Å²) in [6.07, 6.45) is 17.7. The fraction of sp³-hybridized carbons (Fsp3) is 0.769. The van der Waals surface area contributed by atoms with Gasteiger partial charge in [-0.3, -0.25) is 24.4 Å². The standard InChI is InChI=1S/C39H62N4O7/c1-45-31-25-38(26-32(46-2)35(31)49-5,42-21-17-40(18-22-42)29-13-9-7-10-14-29)37(44)39(27-33(47-3)36(50-6)34(28-39)48-4)43-23-19-41(20-24-43)30-15-11-8-12-16-30/h25,27,29-30H,7-24,26,28H2,1-6H3. The maximum atomic E-state index is 16.2. The topological polar surface area (TPSA) is 85.4 Å². The Morgan fingerprint density at radius 2 is 0.880 bits per heavy atom. The second-order valence-electron chi connectivity index (χ2n) is 14.9. The summed E-state index contributed by atoms with van der Waals surface area (Å²) in [5, 5.41) is 0. The molecule has 6 aliphatic rings. The lowest BCUT2D eigenvalue weighted by atomic mass is 9.70. The van der Waals surface area contributed by atoms with Crippen LogP contribution in [0.15, 0.2) is 46.7 Å². The summed E-state index contributed by atoms with van der Waals surface area (Å²) in [4.78, 5) is 26.3. The van der Waals surface area contributed by atoms with Gasteiger partial charge in [0.05, 0.1) is 42.7 Å². The smallest absolute Gasteiger partial charge is 0.198 e. The van der Waals surface area contributed by atoms with Gasteiger partial charge in [-0.25, -0.2) is 0 Å². The van der Waals surface area contributed by atoms with E-state index in [4.69, 9.17) is 28.4 Å². The van der Waals surface area contributed by atoms with Gasteiger partial charge in [-0.2, -0.15) is 0 Å². The van der Waals surface area contributed by atoms with Crippen molar-refractivity contribution in [1.82, 2.24) is 19.6 Å². The van der Waals surface area contributed by atoms with E-state index in [1.807, 2.05) is 12.2 Å². The maximum absolute atomic E-state index is 16.2. The van der Waals surface area contributed by atoms with Crippen LogP contribution in [0.3, 0.4) is 0 Å². The van der Waals surface area contributed by atoms with Gasteiger partial charge in [0.25, 0.3) is 0 Å². The number of methoxy groups -OCH3 is 6. The van der Waals surface area contributed by atoms with Crippen molar-refractivity contribution in [3.63, 3.8) is 0 Å². The maximum Gasteiger partial charge on any atom is 0.198 e. The van der Waals surface area contributed by atoms with Crippen molar-refractivity contribution in [1.29, 1.82) is 0 Å². The summed E-state index contributed by atoms with van der Waals surface area (Å²) in [7, 11) is 9.85. The predicted molar refractivity (Wildman–Crippen MR) is 192 cm³/mol. The molecule has 4 fully saturated rings. The molecule has 50 heavy (non-hydrogen) atoms. The first-order valence-electron chi connectivity index (χ1n) is 19.1. The third-order valence-electron chi connectivity index (χ3n) is 12.6. The van der Waals surface area contributed by atoms with Crippen LogP contribution in [-0.4, -0.2) is 144 Å². The Labute approximate surface area is 300 Å². The van der Waals surface area contributed by atoms with Gasteiger partial charge in [0.15, 0.2) is 28.8 Å². The Morgan fingerprint density at radius 1 is 0.520 bits per heavy atom. The molecule has 4 aliphatic carbocycles. The Hall–Kier alpha value is -2.73. The van der Waals surface area contributed by atoms with Crippen LogP contribution >= 0.6 is 0 Å². The Bertz CT molecular complexity index is 1220. The number of carbonyl (C=O) groups excluding carboxylic acids is 1. The average molecular weight is 699 g/mol. The number of ketones is 1. The molecule has 11 nitrogen and oxygen atoms in total. The van der Waals surface area contributed by atoms with E-state index < -0.39 is 11.1 Å². The molecular formula is C39H62N4O7. The van der Waals surface area contributed by atoms with Gasteiger partial charge in [0.2, 0.25) is 0 Å². The van der Waals surface area contributed by atoms with Gasteiger partial charge in [-0.05, 0) is 37.8 Å². The van der Waals surface area contributed by atoms with Crippen molar-refractivity contribution in [3.8, 4) is 0 Å². The van der Waals surface area contributed by atoms with Crippen LogP contribution in [0.5, 0.6) is 0 Å². The minimum atomic E-state index is -1.07. The molecule has 0 spiro atoms. The molecule has 6 rings (SSSR count).